The van der Waals surface area contributed by atoms with E-state index in [1.807, 2.05) is 6.92 Å². The van der Waals surface area contributed by atoms with Crippen LogP contribution in [0.5, 0.6) is 11.5 Å². The molecular formula is C16H22N2O4. The predicted octanol–water partition coefficient (Wildman–Crippen LogP) is 1.11. The summed E-state index contributed by atoms with van der Waals surface area (Å²) in [4.78, 5) is 23.0. The molecule has 0 atom stereocenters. The largest absolute Gasteiger partial charge is 0.494 e. The fourth-order valence-electron chi connectivity index (χ4n) is 1.88. The normalized spacial score (nSPS) is 13.3. The van der Waals surface area contributed by atoms with Crippen LogP contribution < -0.4 is 20.1 Å². The van der Waals surface area contributed by atoms with Crippen LogP contribution in [0.3, 0.4) is 0 Å². The zero-order valence-electron chi connectivity index (χ0n) is 12.8. The highest BCUT2D eigenvalue weighted by Crippen LogP contribution is 2.28. The van der Waals surface area contributed by atoms with Crippen molar-refractivity contribution in [2.45, 2.75) is 19.8 Å². The van der Waals surface area contributed by atoms with Crippen molar-refractivity contribution in [3.8, 4) is 11.5 Å². The molecular weight excluding hydrogens is 284 g/mol. The molecule has 1 saturated carbocycles. The Bertz CT molecular complexity index is 497. The molecule has 0 saturated heterocycles. The van der Waals surface area contributed by atoms with E-state index in [4.69, 9.17) is 9.47 Å². The summed E-state index contributed by atoms with van der Waals surface area (Å²) >= 11 is 0. The van der Waals surface area contributed by atoms with E-state index in [1.165, 1.54) is 0 Å². The third-order valence-corrected chi connectivity index (χ3v) is 3.20. The van der Waals surface area contributed by atoms with Gasteiger partial charge in [0.1, 0.15) is 11.5 Å². The molecule has 2 N–H and O–H groups in total. The molecule has 0 aromatic heterocycles. The lowest BCUT2D eigenvalue weighted by Gasteiger charge is -2.09. The molecule has 22 heavy (non-hydrogen) atoms. The molecule has 0 spiro atoms. The summed E-state index contributed by atoms with van der Waals surface area (Å²) in [5.74, 6) is 1.44. The molecule has 0 radical (unpaired) electrons. The first-order valence-corrected chi connectivity index (χ1v) is 7.59. The number of nitrogens with one attached hydrogen (secondary N) is 2. The Balaban J connectivity index is 1.57. The van der Waals surface area contributed by atoms with Gasteiger partial charge in [-0.25, -0.2) is 0 Å². The van der Waals surface area contributed by atoms with Crippen LogP contribution in [-0.4, -0.2) is 38.1 Å². The van der Waals surface area contributed by atoms with E-state index < -0.39 is 0 Å². The zero-order chi connectivity index (χ0) is 15.8. The Kier molecular flexibility index (Phi) is 6.06. The van der Waals surface area contributed by atoms with Crippen molar-refractivity contribution < 1.29 is 19.1 Å². The first-order valence-electron chi connectivity index (χ1n) is 7.59. The van der Waals surface area contributed by atoms with Crippen LogP contribution in [0, 0.1) is 5.92 Å². The maximum Gasteiger partial charge on any atom is 0.258 e. The standard InChI is InChI=1S/C16H22N2O4/c1-2-21-13-5-7-14(8-6-13)22-11-15(19)17-9-10-18-16(20)12-3-4-12/h5-8,12H,2-4,9-11H2,1H3,(H,17,19)(H,18,20). The average Bonchev–Trinajstić information content (AvgIpc) is 3.36. The van der Waals surface area contributed by atoms with Crippen molar-refractivity contribution in [1.29, 1.82) is 0 Å². The van der Waals surface area contributed by atoms with Gasteiger partial charge in [-0.15, -0.1) is 0 Å². The average molecular weight is 306 g/mol. The minimum atomic E-state index is -0.213. The van der Waals surface area contributed by atoms with Crippen LogP contribution in [0.15, 0.2) is 24.3 Å². The third-order valence-electron chi connectivity index (χ3n) is 3.20. The van der Waals surface area contributed by atoms with Gasteiger partial charge in [0.2, 0.25) is 5.91 Å². The lowest BCUT2D eigenvalue weighted by Crippen LogP contribution is -2.37. The molecule has 1 aromatic carbocycles. The van der Waals surface area contributed by atoms with Gasteiger partial charge < -0.3 is 20.1 Å². The SMILES string of the molecule is CCOc1ccc(OCC(=O)NCCNC(=O)C2CC2)cc1. The van der Waals surface area contributed by atoms with Crippen LogP contribution in [0.2, 0.25) is 0 Å². The lowest BCUT2D eigenvalue weighted by atomic mass is 10.3. The van der Waals surface area contributed by atoms with Crippen LogP contribution in [0.4, 0.5) is 0 Å². The minimum Gasteiger partial charge on any atom is -0.494 e. The summed E-state index contributed by atoms with van der Waals surface area (Å²) in [6.07, 6.45) is 1.96. The number of carbonyl (C=O) groups excluding carboxylic acids is 2. The summed E-state index contributed by atoms with van der Waals surface area (Å²) in [5, 5.41) is 5.48. The molecule has 120 valence electrons. The van der Waals surface area contributed by atoms with E-state index in [-0.39, 0.29) is 24.3 Å². The summed E-state index contributed by atoms with van der Waals surface area (Å²) in [5.41, 5.74) is 0. The van der Waals surface area contributed by atoms with Crippen molar-refractivity contribution in [2.75, 3.05) is 26.3 Å². The van der Waals surface area contributed by atoms with Gasteiger partial charge in [0, 0.05) is 19.0 Å². The summed E-state index contributed by atoms with van der Waals surface area (Å²) < 4.78 is 10.7. The van der Waals surface area contributed by atoms with E-state index >= 15 is 0 Å². The molecule has 6 nitrogen and oxygen atoms in total. The van der Waals surface area contributed by atoms with Gasteiger partial charge in [-0.2, -0.15) is 0 Å². The van der Waals surface area contributed by atoms with E-state index in [9.17, 15) is 9.59 Å². The lowest BCUT2D eigenvalue weighted by molar-refractivity contribution is -0.124. The van der Waals surface area contributed by atoms with Crippen molar-refractivity contribution in [3.63, 3.8) is 0 Å². The molecule has 0 aliphatic heterocycles. The first kappa shape index (κ1) is 16.1. The van der Waals surface area contributed by atoms with Crippen LogP contribution in [0.1, 0.15) is 19.8 Å². The number of hydrogen-bond donors (Lipinski definition) is 2. The van der Waals surface area contributed by atoms with Crippen LogP contribution in [-0.2, 0) is 9.59 Å². The van der Waals surface area contributed by atoms with Gasteiger partial charge in [0.25, 0.3) is 5.91 Å². The van der Waals surface area contributed by atoms with E-state index in [0.717, 1.165) is 18.6 Å². The molecule has 0 bridgehead atoms. The van der Waals surface area contributed by atoms with E-state index in [1.54, 1.807) is 24.3 Å². The summed E-state index contributed by atoms with van der Waals surface area (Å²) in [6.45, 7) is 3.33. The maximum atomic E-state index is 11.6. The molecule has 0 unspecified atom stereocenters. The van der Waals surface area contributed by atoms with Gasteiger partial charge in [0.05, 0.1) is 6.61 Å². The highest BCUT2D eigenvalue weighted by molar-refractivity contribution is 5.81. The van der Waals surface area contributed by atoms with Crippen molar-refractivity contribution >= 4 is 11.8 Å². The van der Waals surface area contributed by atoms with E-state index in [0.29, 0.717) is 25.4 Å². The molecule has 1 aromatic rings. The number of rotatable bonds is 9. The van der Waals surface area contributed by atoms with Crippen molar-refractivity contribution in [2.24, 2.45) is 5.92 Å². The minimum absolute atomic E-state index is 0.0510. The number of ether oxygens (including phenoxy) is 2. The van der Waals surface area contributed by atoms with Crippen LogP contribution >= 0.6 is 0 Å². The second-order valence-corrected chi connectivity index (χ2v) is 5.11. The summed E-state index contributed by atoms with van der Waals surface area (Å²) in [6, 6.07) is 7.11. The monoisotopic (exact) mass is 306 g/mol. The topological polar surface area (TPSA) is 76.7 Å². The Hall–Kier alpha value is -2.24. The number of carbonyl (C=O) groups is 2. The molecule has 1 aliphatic carbocycles. The summed E-state index contributed by atoms with van der Waals surface area (Å²) in [7, 11) is 0. The van der Waals surface area contributed by atoms with Crippen molar-refractivity contribution in [3.05, 3.63) is 24.3 Å². The Morgan fingerprint density at radius 3 is 2.23 bits per heavy atom. The van der Waals surface area contributed by atoms with Gasteiger partial charge in [-0.1, -0.05) is 0 Å². The van der Waals surface area contributed by atoms with Crippen molar-refractivity contribution in [1.82, 2.24) is 10.6 Å². The van der Waals surface area contributed by atoms with E-state index in [2.05, 4.69) is 10.6 Å². The zero-order valence-corrected chi connectivity index (χ0v) is 12.8. The predicted molar refractivity (Wildman–Crippen MR) is 81.8 cm³/mol. The Morgan fingerprint density at radius 1 is 1.05 bits per heavy atom. The quantitative estimate of drug-likeness (QED) is 0.670. The highest BCUT2D eigenvalue weighted by Gasteiger charge is 2.28. The molecule has 1 fully saturated rings. The fraction of sp³-hybridized carbons (Fsp3) is 0.500. The second-order valence-electron chi connectivity index (χ2n) is 5.11. The fourth-order valence-corrected chi connectivity index (χ4v) is 1.88. The molecule has 1 aliphatic rings. The molecule has 6 heteroatoms. The third kappa shape index (κ3) is 5.63. The number of hydrogen-bond acceptors (Lipinski definition) is 4. The number of amides is 2. The van der Waals surface area contributed by atoms with Gasteiger partial charge in [0.15, 0.2) is 6.61 Å². The van der Waals surface area contributed by atoms with Gasteiger partial charge >= 0.3 is 0 Å². The maximum absolute atomic E-state index is 11.6. The van der Waals surface area contributed by atoms with Gasteiger partial charge in [-0.05, 0) is 44.0 Å². The smallest absolute Gasteiger partial charge is 0.258 e. The Labute approximate surface area is 130 Å². The van der Waals surface area contributed by atoms with Crippen LogP contribution in [0.25, 0.3) is 0 Å². The second kappa shape index (κ2) is 8.26. The number of benzene rings is 1. The first-order chi connectivity index (χ1) is 10.7. The molecule has 2 amide bonds. The Morgan fingerprint density at radius 2 is 1.64 bits per heavy atom. The van der Waals surface area contributed by atoms with Gasteiger partial charge in [-0.3, -0.25) is 9.59 Å². The highest BCUT2D eigenvalue weighted by atomic mass is 16.5. The molecule has 2 rings (SSSR count). The molecule has 0 heterocycles.